The maximum atomic E-state index is 13.2. The SMILES string of the molecule is COc1ccc(C(NC(=O)C(C)CCc2cccc(F)c2)C(=O)O)cc1. The number of hydrogen-bond acceptors (Lipinski definition) is 3. The van der Waals surface area contributed by atoms with Crippen molar-refractivity contribution in [3.05, 3.63) is 65.5 Å². The molecule has 0 saturated carbocycles. The lowest BCUT2D eigenvalue weighted by molar-refractivity contribution is -0.142. The molecule has 0 aromatic heterocycles. The van der Waals surface area contributed by atoms with Gasteiger partial charge in [-0.25, -0.2) is 9.18 Å². The summed E-state index contributed by atoms with van der Waals surface area (Å²) in [7, 11) is 1.52. The van der Waals surface area contributed by atoms with Crippen molar-refractivity contribution in [2.24, 2.45) is 5.92 Å². The number of ether oxygens (including phenoxy) is 1. The standard InChI is InChI=1S/C20H22FNO4/c1-13(6-7-14-4-3-5-16(21)12-14)19(23)22-18(20(24)25)15-8-10-17(26-2)11-9-15/h3-5,8-13,18H,6-7H2,1-2H3,(H,22,23)(H,24,25). The molecule has 0 saturated heterocycles. The first kappa shape index (κ1) is 19.4. The van der Waals surface area contributed by atoms with Gasteiger partial charge in [0.2, 0.25) is 5.91 Å². The molecule has 0 fully saturated rings. The van der Waals surface area contributed by atoms with Gasteiger partial charge in [0, 0.05) is 5.92 Å². The van der Waals surface area contributed by atoms with Crippen LogP contribution >= 0.6 is 0 Å². The first-order valence-electron chi connectivity index (χ1n) is 8.32. The average molecular weight is 359 g/mol. The quantitative estimate of drug-likeness (QED) is 0.758. The lowest BCUT2D eigenvalue weighted by Crippen LogP contribution is -2.37. The van der Waals surface area contributed by atoms with Crippen LogP contribution < -0.4 is 10.1 Å². The smallest absolute Gasteiger partial charge is 0.330 e. The highest BCUT2D eigenvalue weighted by Gasteiger charge is 2.24. The van der Waals surface area contributed by atoms with Crippen LogP contribution in [0.4, 0.5) is 4.39 Å². The van der Waals surface area contributed by atoms with E-state index in [1.807, 2.05) is 0 Å². The van der Waals surface area contributed by atoms with E-state index in [2.05, 4.69) is 5.32 Å². The molecular weight excluding hydrogens is 337 g/mol. The van der Waals surface area contributed by atoms with Crippen LogP contribution in [0.2, 0.25) is 0 Å². The summed E-state index contributed by atoms with van der Waals surface area (Å²) in [6, 6.07) is 11.6. The molecule has 0 bridgehead atoms. The lowest BCUT2D eigenvalue weighted by Gasteiger charge is -2.18. The van der Waals surface area contributed by atoms with Crippen LogP contribution in [0.15, 0.2) is 48.5 Å². The molecule has 0 heterocycles. The van der Waals surface area contributed by atoms with Crippen LogP contribution in [0.3, 0.4) is 0 Å². The third-order valence-corrected chi connectivity index (χ3v) is 4.19. The van der Waals surface area contributed by atoms with Crippen molar-refractivity contribution >= 4 is 11.9 Å². The van der Waals surface area contributed by atoms with E-state index in [-0.39, 0.29) is 11.7 Å². The Hall–Kier alpha value is -2.89. The highest BCUT2D eigenvalue weighted by Crippen LogP contribution is 2.19. The number of halogens is 1. The Morgan fingerprint density at radius 1 is 1.19 bits per heavy atom. The predicted molar refractivity (Wildman–Crippen MR) is 95.4 cm³/mol. The molecule has 1 amide bonds. The summed E-state index contributed by atoms with van der Waals surface area (Å²) < 4.78 is 18.2. The minimum Gasteiger partial charge on any atom is -0.497 e. The molecule has 0 aliphatic carbocycles. The van der Waals surface area contributed by atoms with Gasteiger partial charge in [0.05, 0.1) is 7.11 Å². The number of methoxy groups -OCH3 is 1. The van der Waals surface area contributed by atoms with E-state index in [1.54, 1.807) is 43.3 Å². The van der Waals surface area contributed by atoms with Crippen LogP contribution in [0.1, 0.15) is 30.5 Å². The molecule has 2 aromatic carbocycles. The lowest BCUT2D eigenvalue weighted by atomic mass is 9.99. The molecule has 0 spiro atoms. The third-order valence-electron chi connectivity index (χ3n) is 4.19. The van der Waals surface area contributed by atoms with Gasteiger partial charge < -0.3 is 15.2 Å². The van der Waals surface area contributed by atoms with E-state index >= 15 is 0 Å². The zero-order chi connectivity index (χ0) is 19.1. The van der Waals surface area contributed by atoms with E-state index in [0.717, 1.165) is 5.56 Å². The zero-order valence-electron chi connectivity index (χ0n) is 14.7. The molecule has 0 aliphatic rings. The monoisotopic (exact) mass is 359 g/mol. The first-order chi connectivity index (χ1) is 12.4. The predicted octanol–water partition coefficient (Wildman–Crippen LogP) is 3.35. The molecule has 2 rings (SSSR count). The normalized spacial score (nSPS) is 12.9. The second kappa shape index (κ2) is 8.99. The van der Waals surface area contributed by atoms with E-state index < -0.39 is 17.9 Å². The van der Waals surface area contributed by atoms with Crippen LogP contribution in [0.25, 0.3) is 0 Å². The van der Waals surface area contributed by atoms with Crippen LogP contribution in [0, 0.1) is 11.7 Å². The highest BCUT2D eigenvalue weighted by atomic mass is 19.1. The first-order valence-corrected chi connectivity index (χ1v) is 8.32. The Morgan fingerprint density at radius 2 is 1.88 bits per heavy atom. The van der Waals surface area contributed by atoms with Crippen molar-refractivity contribution < 1.29 is 23.8 Å². The fraction of sp³-hybridized carbons (Fsp3) is 0.300. The number of rotatable bonds is 8. The number of benzene rings is 2. The Kier molecular flexibility index (Phi) is 6.72. The molecule has 26 heavy (non-hydrogen) atoms. The minimum atomic E-state index is -1.14. The molecule has 2 N–H and O–H groups in total. The summed E-state index contributed by atoms with van der Waals surface area (Å²) in [4.78, 5) is 23.9. The fourth-order valence-corrected chi connectivity index (χ4v) is 2.58. The molecule has 6 heteroatoms. The summed E-state index contributed by atoms with van der Waals surface area (Å²) in [6.07, 6.45) is 1.02. The largest absolute Gasteiger partial charge is 0.497 e. The number of carbonyl (C=O) groups excluding carboxylic acids is 1. The Labute approximate surface area is 151 Å². The van der Waals surface area contributed by atoms with Crippen molar-refractivity contribution in [3.63, 3.8) is 0 Å². The Balaban J connectivity index is 1.98. The van der Waals surface area contributed by atoms with Crippen molar-refractivity contribution in [1.29, 1.82) is 0 Å². The third kappa shape index (κ3) is 5.31. The molecule has 138 valence electrons. The van der Waals surface area contributed by atoms with E-state index in [0.29, 0.717) is 24.2 Å². The molecule has 2 aromatic rings. The van der Waals surface area contributed by atoms with E-state index in [1.165, 1.54) is 19.2 Å². The topological polar surface area (TPSA) is 75.6 Å². The molecule has 5 nitrogen and oxygen atoms in total. The number of hydrogen-bond donors (Lipinski definition) is 2. The van der Waals surface area contributed by atoms with Gasteiger partial charge in [0.15, 0.2) is 6.04 Å². The second-order valence-corrected chi connectivity index (χ2v) is 6.12. The highest BCUT2D eigenvalue weighted by molar-refractivity contribution is 5.85. The number of aliphatic carboxylic acids is 1. The van der Waals surface area contributed by atoms with Gasteiger partial charge in [-0.3, -0.25) is 4.79 Å². The van der Waals surface area contributed by atoms with Crippen molar-refractivity contribution in [2.45, 2.75) is 25.8 Å². The molecule has 2 atom stereocenters. The Morgan fingerprint density at radius 3 is 2.46 bits per heavy atom. The summed E-state index contributed by atoms with van der Waals surface area (Å²) >= 11 is 0. The van der Waals surface area contributed by atoms with Gasteiger partial charge in [0.1, 0.15) is 11.6 Å². The number of carboxylic acids is 1. The van der Waals surface area contributed by atoms with Crippen molar-refractivity contribution in [1.82, 2.24) is 5.32 Å². The molecular formula is C20H22FNO4. The molecule has 0 radical (unpaired) electrons. The summed E-state index contributed by atoms with van der Waals surface area (Å²) in [5.41, 5.74) is 1.26. The molecule has 0 aliphatic heterocycles. The van der Waals surface area contributed by atoms with Gasteiger partial charge in [0.25, 0.3) is 0 Å². The number of aryl methyl sites for hydroxylation is 1. The van der Waals surface area contributed by atoms with Crippen LogP contribution in [-0.4, -0.2) is 24.1 Å². The van der Waals surface area contributed by atoms with Crippen molar-refractivity contribution in [2.75, 3.05) is 7.11 Å². The molecule has 2 unspecified atom stereocenters. The summed E-state index contributed by atoms with van der Waals surface area (Å²) in [5, 5.41) is 12.0. The average Bonchev–Trinajstić information content (AvgIpc) is 2.64. The van der Waals surface area contributed by atoms with E-state index in [9.17, 15) is 19.1 Å². The summed E-state index contributed by atoms with van der Waals surface area (Å²) in [5.74, 6) is -1.61. The van der Waals surface area contributed by atoms with Crippen LogP contribution in [0.5, 0.6) is 5.75 Å². The number of nitrogens with one attached hydrogen (secondary N) is 1. The van der Waals surface area contributed by atoms with Gasteiger partial charge in [-0.15, -0.1) is 0 Å². The van der Waals surface area contributed by atoms with Gasteiger partial charge in [-0.05, 0) is 48.2 Å². The van der Waals surface area contributed by atoms with Gasteiger partial charge in [-0.2, -0.15) is 0 Å². The van der Waals surface area contributed by atoms with Gasteiger partial charge in [-0.1, -0.05) is 31.2 Å². The van der Waals surface area contributed by atoms with Crippen molar-refractivity contribution in [3.8, 4) is 5.75 Å². The Bertz CT molecular complexity index is 761. The second-order valence-electron chi connectivity index (χ2n) is 6.12. The minimum absolute atomic E-state index is 0.315. The van der Waals surface area contributed by atoms with Crippen LogP contribution in [-0.2, 0) is 16.0 Å². The number of carboxylic acid groups (broad SMARTS) is 1. The number of amides is 1. The maximum Gasteiger partial charge on any atom is 0.330 e. The fourth-order valence-electron chi connectivity index (χ4n) is 2.58. The number of carbonyl (C=O) groups is 2. The van der Waals surface area contributed by atoms with Gasteiger partial charge >= 0.3 is 5.97 Å². The van der Waals surface area contributed by atoms with E-state index in [4.69, 9.17) is 4.74 Å². The summed E-state index contributed by atoms with van der Waals surface area (Å²) in [6.45, 7) is 1.72. The zero-order valence-corrected chi connectivity index (χ0v) is 14.7. The maximum absolute atomic E-state index is 13.2.